The zero-order chi connectivity index (χ0) is 15.5. The van der Waals surface area contributed by atoms with Gasteiger partial charge in [0.2, 0.25) is 5.91 Å². The minimum atomic E-state index is -0.543. The van der Waals surface area contributed by atoms with E-state index in [0.717, 1.165) is 0 Å². The van der Waals surface area contributed by atoms with Crippen LogP contribution in [0.15, 0.2) is 18.2 Å². The molecule has 0 bridgehead atoms. The van der Waals surface area contributed by atoms with Crippen LogP contribution >= 0.6 is 11.6 Å². The zero-order valence-electron chi connectivity index (χ0n) is 11.9. The molecule has 1 aromatic carbocycles. The first-order valence-electron chi connectivity index (χ1n) is 6.46. The lowest BCUT2D eigenvalue weighted by Crippen LogP contribution is -2.59. The van der Waals surface area contributed by atoms with Crippen LogP contribution < -0.4 is 10.6 Å². The summed E-state index contributed by atoms with van der Waals surface area (Å²) in [5.41, 5.74) is 0.239. The topological polar surface area (TPSA) is 76.7 Å². The van der Waals surface area contributed by atoms with Crippen molar-refractivity contribution in [3.05, 3.63) is 28.8 Å². The molecule has 0 spiro atoms. The van der Waals surface area contributed by atoms with Crippen LogP contribution in [-0.4, -0.2) is 44.3 Å². The van der Waals surface area contributed by atoms with Gasteiger partial charge in [0.1, 0.15) is 6.61 Å². The predicted octanol–water partition coefficient (Wildman–Crippen LogP) is 1.44. The molecule has 0 unspecified atom stereocenters. The number of benzene rings is 1. The number of anilines is 1. The highest BCUT2D eigenvalue weighted by Crippen LogP contribution is 2.22. The maximum absolute atomic E-state index is 11.9. The summed E-state index contributed by atoms with van der Waals surface area (Å²) < 4.78 is 10.2. The molecule has 1 aromatic rings. The molecule has 21 heavy (non-hydrogen) atoms. The van der Waals surface area contributed by atoms with E-state index in [2.05, 4.69) is 15.4 Å². The van der Waals surface area contributed by atoms with Crippen LogP contribution in [-0.2, 0) is 14.3 Å². The number of rotatable bonds is 5. The summed E-state index contributed by atoms with van der Waals surface area (Å²) >= 11 is 5.89. The van der Waals surface area contributed by atoms with Gasteiger partial charge in [0.15, 0.2) is 0 Å². The van der Waals surface area contributed by atoms with Crippen LogP contribution in [0.1, 0.15) is 17.3 Å². The Morgan fingerprint density at radius 3 is 2.71 bits per heavy atom. The molecule has 1 aliphatic heterocycles. The minimum Gasteiger partial charge on any atom is -0.465 e. The second-order valence-corrected chi connectivity index (χ2v) is 5.51. The molecule has 1 fully saturated rings. The number of amides is 1. The molecule has 2 rings (SSSR count). The van der Waals surface area contributed by atoms with Crippen molar-refractivity contribution >= 4 is 29.2 Å². The molecule has 1 aliphatic rings. The summed E-state index contributed by atoms with van der Waals surface area (Å²) in [6, 6.07) is 4.56. The fraction of sp³-hybridized carbons (Fsp3) is 0.429. The van der Waals surface area contributed by atoms with Crippen molar-refractivity contribution in [2.75, 3.05) is 32.1 Å². The van der Waals surface area contributed by atoms with Gasteiger partial charge in [-0.3, -0.25) is 4.79 Å². The summed E-state index contributed by atoms with van der Waals surface area (Å²) in [6.45, 7) is 3.26. The lowest BCUT2D eigenvalue weighted by atomic mass is 10.0. The molecule has 0 saturated carbocycles. The molecule has 1 saturated heterocycles. The van der Waals surface area contributed by atoms with Gasteiger partial charge in [-0.05, 0) is 25.1 Å². The normalized spacial score (nSPS) is 16.0. The van der Waals surface area contributed by atoms with Gasteiger partial charge in [-0.2, -0.15) is 0 Å². The number of carbonyl (C=O) groups excluding carboxylic acids is 2. The summed E-state index contributed by atoms with van der Waals surface area (Å²) in [5, 5.41) is 6.11. The Morgan fingerprint density at radius 2 is 2.14 bits per heavy atom. The number of esters is 1. The Labute approximate surface area is 127 Å². The molecule has 0 aromatic heterocycles. The quantitative estimate of drug-likeness (QED) is 0.805. The van der Waals surface area contributed by atoms with Crippen molar-refractivity contribution in [2.45, 2.75) is 12.5 Å². The Morgan fingerprint density at radius 1 is 1.43 bits per heavy atom. The third-order valence-corrected chi connectivity index (χ3v) is 3.45. The van der Waals surface area contributed by atoms with Crippen molar-refractivity contribution in [2.24, 2.45) is 0 Å². The molecule has 0 aliphatic carbocycles. The van der Waals surface area contributed by atoms with Crippen LogP contribution in [0.5, 0.6) is 0 Å². The van der Waals surface area contributed by atoms with Crippen LogP contribution in [0.4, 0.5) is 5.69 Å². The highest BCUT2D eigenvalue weighted by molar-refractivity contribution is 6.31. The van der Waals surface area contributed by atoms with E-state index >= 15 is 0 Å². The van der Waals surface area contributed by atoms with Crippen LogP contribution in [0.3, 0.4) is 0 Å². The monoisotopic (exact) mass is 312 g/mol. The van der Waals surface area contributed by atoms with Crippen molar-refractivity contribution in [3.63, 3.8) is 0 Å². The highest BCUT2D eigenvalue weighted by atomic mass is 35.5. The summed E-state index contributed by atoms with van der Waals surface area (Å²) in [6.07, 6.45) is 0. The van der Waals surface area contributed by atoms with Crippen LogP contribution in [0, 0.1) is 0 Å². The van der Waals surface area contributed by atoms with Crippen molar-refractivity contribution in [1.29, 1.82) is 0 Å². The third kappa shape index (κ3) is 3.93. The van der Waals surface area contributed by atoms with Gasteiger partial charge in [0.25, 0.3) is 0 Å². The molecule has 0 atom stereocenters. The number of methoxy groups -OCH3 is 1. The van der Waals surface area contributed by atoms with Crippen molar-refractivity contribution in [1.82, 2.24) is 5.32 Å². The summed E-state index contributed by atoms with van der Waals surface area (Å²) in [5.74, 6) is -0.895. The fourth-order valence-corrected chi connectivity index (χ4v) is 2.09. The maximum Gasteiger partial charge on any atom is 0.339 e. The van der Waals surface area contributed by atoms with E-state index in [0.29, 0.717) is 23.8 Å². The highest BCUT2D eigenvalue weighted by Gasteiger charge is 2.33. The lowest BCUT2D eigenvalue weighted by Gasteiger charge is -2.38. The number of hydrogen-bond donors (Lipinski definition) is 2. The van der Waals surface area contributed by atoms with Gasteiger partial charge in [-0.1, -0.05) is 11.6 Å². The first-order valence-corrected chi connectivity index (χ1v) is 6.84. The molecule has 2 N–H and O–H groups in total. The molecular weight excluding hydrogens is 296 g/mol. The SMILES string of the molecule is COC(=O)c1ccc(Cl)cc1NC(=O)COC1(C)CNC1. The third-order valence-electron chi connectivity index (χ3n) is 3.21. The van der Waals surface area contributed by atoms with Crippen LogP contribution in [0.2, 0.25) is 5.02 Å². The second kappa shape index (κ2) is 6.43. The first kappa shape index (κ1) is 15.8. The van der Waals surface area contributed by atoms with E-state index in [-0.39, 0.29) is 23.7 Å². The van der Waals surface area contributed by atoms with Gasteiger partial charge in [0.05, 0.1) is 24.0 Å². The van der Waals surface area contributed by atoms with Crippen LogP contribution in [0.25, 0.3) is 0 Å². The molecule has 7 heteroatoms. The van der Waals surface area contributed by atoms with E-state index in [1.165, 1.54) is 19.2 Å². The smallest absolute Gasteiger partial charge is 0.339 e. The molecule has 114 valence electrons. The van der Waals surface area contributed by atoms with E-state index < -0.39 is 5.97 Å². The molecule has 6 nitrogen and oxygen atoms in total. The van der Waals surface area contributed by atoms with Crippen molar-refractivity contribution < 1.29 is 19.1 Å². The van der Waals surface area contributed by atoms with Gasteiger partial charge in [0, 0.05) is 18.1 Å². The number of ether oxygens (including phenoxy) is 2. The Bertz CT molecular complexity index is 558. The van der Waals surface area contributed by atoms with E-state index in [1.807, 2.05) is 6.92 Å². The average Bonchev–Trinajstić information content (AvgIpc) is 2.42. The van der Waals surface area contributed by atoms with E-state index in [9.17, 15) is 9.59 Å². The largest absolute Gasteiger partial charge is 0.465 e. The summed E-state index contributed by atoms with van der Waals surface area (Å²) in [4.78, 5) is 23.6. The maximum atomic E-state index is 11.9. The second-order valence-electron chi connectivity index (χ2n) is 5.07. The zero-order valence-corrected chi connectivity index (χ0v) is 12.6. The van der Waals surface area contributed by atoms with E-state index in [1.54, 1.807) is 6.07 Å². The van der Waals surface area contributed by atoms with Gasteiger partial charge in [-0.25, -0.2) is 4.79 Å². The van der Waals surface area contributed by atoms with Gasteiger partial charge in [-0.15, -0.1) is 0 Å². The molecule has 1 amide bonds. The van der Waals surface area contributed by atoms with E-state index in [4.69, 9.17) is 16.3 Å². The predicted molar refractivity (Wildman–Crippen MR) is 78.6 cm³/mol. The Balaban J connectivity index is 2.02. The van der Waals surface area contributed by atoms with Gasteiger partial charge >= 0.3 is 5.97 Å². The fourth-order valence-electron chi connectivity index (χ4n) is 1.91. The molecule has 1 heterocycles. The lowest BCUT2D eigenvalue weighted by molar-refractivity contribution is -0.130. The molecule has 0 radical (unpaired) electrons. The Kier molecular flexibility index (Phi) is 4.82. The minimum absolute atomic E-state index is 0.0920. The molecular formula is C14H17ClN2O4. The number of hydrogen-bond acceptors (Lipinski definition) is 5. The number of halogens is 1. The number of carbonyl (C=O) groups is 2. The number of nitrogens with one attached hydrogen (secondary N) is 2. The standard InChI is InChI=1S/C14H17ClN2O4/c1-14(7-16-8-14)21-6-12(18)17-11-5-9(15)3-4-10(11)13(19)20-2/h3-5,16H,6-8H2,1-2H3,(H,17,18). The summed E-state index contributed by atoms with van der Waals surface area (Å²) in [7, 11) is 1.27. The Hall–Kier alpha value is -1.63. The first-order chi connectivity index (χ1) is 9.93. The van der Waals surface area contributed by atoms with Gasteiger partial charge < -0.3 is 20.1 Å². The average molecular weight is 313 g/mol. The van der Waals surface area contributed by atoms with Crippen molar-refractivity contribution in [3.8, 4) is 0 Å².